The van der Waals surface area contributed by atoms with Crippen molar-refractivity contribution in [2.45, 2.75) is 11.1 Å². The highest BCUT2D eigenvalue weighted by Gasteiger charge is 2.31. The Morgan fingerprint density at radius 1 is 1.25 bits per heavy atom. The smallest absolute Gasteiger partial charge is 0.416 e. The van der Waals surface area contributed by atoms with Crippen molar-refractivity contribution in [2.24, 2.45) is 0 Å². The van der Waals surface area contributed by atoms with Crippen LogP contribution in [0.2, 0.25) is 0 Å². The van der Waals surface area contributed by atoms with E-state index in [1.807, 2.05) is 0 Å². The van der Waals surface area contributed by atoms with Crippen LogP contribution in [0.25, 0.3) is 5.69 Å². The molecule has 2 N–H and O–H groups in total. The molecule has 28 heavy (non-hydrogen) atoms. The number of benzene rings is 2. The minimum absolute atomic E-state index is 0.0291. The third kappa shape index (κ3) is 4.22. The minimum Gasteiger partial charge on any atom is -0.496 e. The number of carbonyl (C=O) groups is 1. The average Bonchev–Trinajstić information content (AvgIpc) is 3.19. The Labute approximate surface area is 162 Å². The molecule has 0 spiro atoms. The molecule has 1 heterocycles. The van der Waals surface area contributed by atoms with Gasteiger partial charge in [-0.3, -0.25) is 0 Å². The predicted octanol–water partition coefficient (Wildman–Crippen LogP) is 4.72. The van der Waals surface area contributed by atoms with Gasteiger partial charge >= 0.3 is 12.1 Å². The number of anilines is 1. The van der Waals surface area contributed by atoms with Crippen LogP contribution in [-0.4, -0.2) is 28.0 Å². The van der Waals surface area contributed by atoms with Gasteiger partial charge in [0, 0.05) is 12.4 Å². The topological polar surface area (TPSA) is 76.4 Å². The maximum atomic E-state index is 13.1. The summed E-state index contributed by atoms with van der Waals surface area (Å²) in [6.07, 6.45) is -1.40. The van der Waals surface area contributed by atoms with Gasteiger partial charge in [0.2, 0.25) is 0 Å². The van der Waals surface area contributed by atoms with Gasteiger partial charge in [0.25, 0.3) is 0 Å². The summed E-state index contributed by atoms with van der Waals surface area (Å²) >= 11 is 0.940. The van der Waals surface area contributed by atoms with Crippen molar-refractivity contribution in [3.05, 3.63) is 66.0 Å². The molecule has 0 saturated heterocycles. The van der Waals surface area contributed by atoms with Crippen molar-refractivity contribution in [1.29, 1.82) is 0 Å². The van der Waals surface area contributed by atoms with E-state index in [-0.39, 0.29) is 11.3 Å². The van der Waals surface area contributed by atoms with Gasteiger partial charge in [-0.1, -0.05) is 0 Å². The number of methoxy groups -OCH3 is 1. The van der Waals surface area contributed by atoms with Crippen molar-refractivity contribution < 1.29 is 27.8 Å². The number of alkyl halides is 3. The largest absolute Gasteiger partial charge is 0.496 e. The molecule has 6 nitrogen and oxygen atoms in total. The number of hydrogen-bond acceptors (Lipinski definition) is 5. The quantitative estimate of drug-likeness (QED) is 0.574. The Hall–Kier alpha value is -3.14. The lowest BCUT2D eigenvalue weighted by Gasteiger charge is -2.16. The van der Waals surface area contributed by atoms with Gasteiger partial charge in [0.1, 0.15) is 5.75 Å². The van der Waals surface area contributed by atoms with Gasteiger partial charge in [-0.05, 0) is 54.4 Å². The average molecular weight is 409 g/mol. The molecule has 0 atom stereocenters. The molecule has 1 aromatic heterocycles. The Morgan fingerprint density at radius 2 is 2.04 bits per heavy atom. The second-order valence-corrected chi connectivity index (χ2v) is 6.40. The van der Waals surface area contributed by atoms with Gasteiger partial charge in [0.05, 0.1) is 34.5 Å². The predicted molar refractivity (Wildman–Crippen MR) is 98.0 cm³/mol. The highest BCUT2D eigenvalue weighted by Crippen LogP contribution is 2.36. The Kier molecular flexibility index (Phi) is 5.50. The number of hydrogen-bond donors (Lipinski definition) is 2. The number of nitrogens with one attached hydrogen (secondary N) is 1. The molecule has 0 bridgehead atoms. The molecular formula is C18H14F3N3O3S. The van der Waals surface area contributed by atoms with Gasteiger partial charge in [-0.2, -0.15) is 18.3 Å². The molecule has 146 valence electrons. The molecule has 0 aliphatic heterocycles. The zero-order valence-corrected chi connectivity index (χ0v) is 15.2. The molecule has 0 aliphatic carbocycles. The fourth-order valence-corrected chi connectivity index (χ4v) is 3.23. The summed E-state index contributed by atoms with van der Waals surface area (Å²) in [7, 11) is 1.42. The maximum absolute atomic E-state index is 13.1. The number of aromatic nitrogens is 2. The van der Waals surface area contributed by atoms with Crippen molar-refractivity contribution in [3.63, 3.8) is 0 Å². The Morgan fingerprint density at radius 3 is 2.64 bits per heavy atom. The molecular weight excluding hydrogens is 395 g/mol. The number of nitrogens with zero attached hydrogens (tertiary/aromatic N) is 2. The van der Waals surface area contributed by atoms with E-state index in [2.05, 4.69) is 9.82 Å². The van der Waals surface area contributed by atoms with Crippen molar-refractivity contribution in [3.8, 4) is 11.4 Å². The first-order chi connectivity index (χ1) is 13.3. The van der Waals surface area contributed by atoms with E-state index in [1.165, 1.54) is 42.3 Å². The summed E-state index contributed by atoms with van der Waals surface area (Å²) in [5.74, 6) is -0.740. The molecule has 0 fully saturated rings. The molecule has 0 saturated carbocycles. The van der Waals surface area contributed by atoms with E-state index in [9.17, 15) is 18.0 Å². The van der Waals surface area contributed by atoms with Crippen LogP contribution in [0.4, 0.5) is 18.9 Å². The third-order valence-corrected chi connectivity index (χ3v) is 4.62. The molecule has 10 heteroatoms. The van der Waals surface area contributed by atoms with Crippen LogP contribution in [0, 0.1) is 0 Å². The Balaban J connectivity index is 1.97. The lowest BCUT2D eigenvalue weighted by Crippen LogP contribution is -2.08. The molecule has 3 aromatic rings. The van der Waals surface area contributed by atoms with Crippen LogP contribution in [0.1, 0.15) is 15.9 Å². The van der Waals surface area contributed by atoms with E-state index in [4.69, 9.17) is 9.84 Å². The molecule has 0 radical (unpaired) electrons. The number of carboxylic acid groups (broad SMARTS) is 1. The van der Waals surface area contributed by atoms with Crippen molar-refractivity contribution in [1.82, 2.24) is 9.78 Å². The molecule has 0 amide bonds. The van der Waals surface area contributed by atoms with Crippen molar-refractivity contribution >= 4 is 23.6 Å². The first-order valence-corrected chi connectivity index (χ1v) is 8.66. The van der Waals surface area contributed by atoms with Crippen molar-refractivity contribution in [2.75, 3.05) is 11.8 Å². The van der Waals surface area contributed by atoms with Crippen LogP contribution < -0.4 is 9.46 Å². The standard InChI is InChI=1S/C18H14F3N3O3S/c1-27-15-6-3-11(17(25)26)9-16(15)28-23-13-10-12(18(19,20)21)4-5-14(13)24-8-2-7-22-24/h2-10,23H,1H3,(H,25,26). The van der Waals surface area contributed by atoms with Crippen LogP contribution in [0.3, 0.4) is 0 Å². The highest BCUT2D eigenvalue weighted by atomic mass is 32.2. The van der Waals surface area contributed by atoms with Crippen LogP contribution >= 0.6 is 11.9 Å². The molecule has 3 rings (SSSR count). The summed E-state index contributed by atoms with van der Waals surface area (Å²) in [4.78, 5) is 11.6. The normalized spacial score (nSPS) is 11.3. The van der Waals surface area contributed by atoms with E-state index in [1.54, 1.807) is 12.3 Å². The lowest BCUT2D eigenvalue weighted by atomic mass is 10.1. The number of ether oxygens (including phenoxy) is 1. The zero-order valence-electron chi connectivity index (χ0n) is 14.4. The summed E-state index contributed by atoms with van der Waals surface area (Å²) in [6.45, 7) is 0. The van der Waals surface area contributed by atoms with Gasteiger partial charge < -0.3 is 14.6 Å². The molecule has 0 unspecified atom stereocenters. The third-order valence-electron chi connectivity index (χ3n) is 3.76. The summed E-state index contributed by atoms with van der Waals surface area (Å²) in [5, 5.41) is 13.2. The zero-order chi connectivity index (χ0) is 20.3. The lowest BCUT2D eigenvalue weighted by molar-refractivity contribution is -0.137. The molecule has 0 aliphatic rings. The maximum Gasteiger partial charge on any atom is 0.416 e. The van der Waals surface area contributed by atoms with Crippen LogP contribution in [0.5, 0.6) is 5.75 Å². The number of carboxylic acids is 1. The van der Waals surface area contributed by atoms with Crippen LogP contribution in [-0.2, 0) is 6.18 Å². The van der Waals surface area contributed by atoms with E-state index >= 15 is 0 Å². The van der Waals surface area contributed by atoms with E-state index < -0.39 is 17.7 Å². The second kappa shape index (κ2) is 7.85. The van der Waals surface area contributed by atoms with Gasteiger partial charge in [0.15, 0.2) is 0 Å². The first-order valence-electron chi connectivity index (χ1n) is 7.85. The Bertz CT molecular complexity index is 991. The molecule has 2 aromatic carbocycles. The highest BCUT2D eigenvalue weighted by molar-refractivity contribution is 8.00. The SMILES string of the molecule is COc1ccc(C(=O)O)cc1SNc1cc(C(F)(F)F)ccc1-n1cccn1. The number of rotatable bonds is 6. The van der Waals surface area contributed by atoms with E-state index in [0.717, 1.165) is 24.1 Å². The number of aromatic carboxylic acids is 1. The second-order valence-electron chi connectivity index (χ2n) is 5.56. The fourth-order valence-electron chi connectivity index (χ4n) is 2.40. The van der Waals surface area contributed by atoms with Crippen LogP contribution in [0.15, 0.2) is 59.8 Å². The minimum atomic E-state index is -4.51. The van der Waals surface area contributed by atoms with Gasteiger partial charge in [-0.25, -0.2) is 9.48 Å². The fraction of sp³-hybridized carbons (Fsp3) is 0.111. The first kappa shape index (κ1) is 19.6. The summed E-state index contributed by atoms with van der Waals surface area (Å²) in [5.41, 5.74) is -0.232. The van der Waals surface area contributed by atoms with E-state index in [0.29, 0.717) is 16.3 Å². The number of halogens is 3. The summed E-state index contributed by atoms with van der Waals surface area (Å²) in [6, 6.07) is 9.13. The van der Waals surface area contributed by atoms with Gasteiger partial charge in [-0.15, -0.1) is 0 Å². The monoisotopic (exact) mass is 409 g/mol. The summed E-state index contributed by atoms with van der Waals surface area (Å²) < 4.78 is 48.8.